The minimum atomic E-state index is 0.340. The van der Waals surface area contributed by atoms with Crippen LogP contribution in [0.1, 0.15) is 5.56 Å². The molecule has 0 aliphatic carbocycles. The van der Waals surface area contributed by atoms with Crippen molar-refractivity contribution in [1.82, 2.24) is 0 Å². The highest BCUT2D eigenvalue weighted by molar-refractivity contribution is 6.33. The van der Waals surface area contributed by atoms with Crippen LogP contribution in [0, 0.1) is 5.92 Å². The first kappa shape index (κ1) is 17.4. The van der Waals surface area contributed by atoms with Crippen LogP contribution < -0.4 is 0 Å². The number of fused-ring (bicyclic) bond motifs is 2. The fourth-order valence-electron chi connectivity index (χ4n) is 4.85. The zero-order valence-corrected chi connectivity index (χ0v) is 16.4. The van der Waals surface area contributed by atoms with E-state index in [0.717, 1.165) is 6.42 Å². The van der Waals surface area contributed by atoms with Gasteiger partial charge in [-0.1, -0.05) is 66.7 Å². The van der Waals surface area contributed by atoms with Crippen molar-refractivity contribution in [2.24, 2.45) is 5.92 Å². The second kappa shape index (κ2) is 7.05. The summed E-state index contributed by atoms with van der Waals surface area (Å²) >= 11 is 0. The highest BCUT2D eigenvalue weighted by Crippen LogP contribution is 2.41. The van der Waals surface area contributed by atoms with E-state index in [1.165, 1.54) is 48.7 Å². The van der Waals surface area contributed by atoms with Crippen molar-refractivity contribution in [1.29, 1.82) is 0 Å². The summed E-state index contributed by atoms with van der Waals surface area (Å²) in [5.74, 6) is 0.340. The molecule has 5 rings (SSSR count). The van der Waals surface area contributed by atoms with E-state index in [0.29, 0.717) is 19.1 Å². The van der Waals surface area contributed by atoms with Gasteiger partial charge in [0.2, 0.25) is 0 Å². The van der Waals surface area contributed by atoms with E-state index < -0.39 is 0 Å². The van der Waals surface area contributed by atoms with Crippen molar-refractivity contribution >= 4 is 43.1 Å². The minimum absolute atomic E-state index is 0.340. The van der Waals surface area contributed by atoms with Gasteiger partial charge in [0.1, 0.15) is 0 Å². The molecule has 0 unspecified atom stereocenters. The van der Waals surface area contributed by atoms with Gasteiger partial charge in [-0.2, -0.15) is 0 Å². The van der Waals surface area contributed by atoms with Crippen LogP contribution in [0.25, 0.3) is 43.1 Å². The molecule has 0 aliphatic rings. The molecule has 0 N–H and O–H groups in total. The van der Waals surface area contributed by atoms with Gasteiger partial charge in [-0.3, -0.25) is 0 Å². The highest BCUT2D eigenvalue weighted by Gasteiger charge is 2.17. The van der Waals surface area contributed by atoms with E-state index in [4.69, 9.17) is 9.47 Å². The lowest BCUT2D eigenvalue weighted by atomic mass is 9.85. The fourth-order valence-corrected chi connectivity index (χ4v) is 4.85. The van der Waals surface area contributed by atoms with Crippen LogP contribution in [-0.4, -0.2) is 27.4 Å². The van der Waals surface area contributed by atoms with Gasteiger partial charge < -0.3 is 9.47 Å². The Kier molecular flexibility index (Phi) is 4.38. The molecule has 0 saturated heterocycles. The number of benzene rings is 5. The van der Waals surface area contributed by atoms with Crippen LogP contribution in [0.3, 0.4) is 0 Å². The van der Waals surface area contributed by atoms with Crippen molar-refractivity contribution in [3.8, 4) is 0 Å². The lowest BCUT2D eigenvalue weighted by Gasteiger charge is -2.20. The van der Waals surface area contributed by atoms with Crippen LogP contribution >= 0.6 is 0 Å². The lowest BCUT2D eigenvalue weighted by Crippen LogP contribution is -2.17. The van der Waals surface area contributed by atoms with Gasteiger partial charge in [-0.15, -0.1) is 0 Å². The first-order valence-electron chi connectivity index (χ1n) is 9.86. The summed E-state index contributed by atoms with van der Waals surface area (Å²) in [5, 5.41) is 10.8. The first-order valence-corrected chi connectivity index (χ1v) is 9.86. The van der Waals surface area contributed by atoms with Gasteiger partial charge >= 0.3 is 0 Å². The first-order chi connectivity index (χ1) is 13.8. The van der Waals surface area contributed by atoms with E-state index in [1.54, 1.807) is 14.2 Å². The number of rotatable bonds is 6. The Morgan fingerprint density at radius 2 is 1.18 bits per heavy atom. The molecule has 140 valence electrons. The van der Waals surface area contributed by atoms with E-state index in [-0.39, 0.29) is 0 Å². The SMILES string of the molecule is COCC(COC)Cc1ccc2cccc3c4cccc5cccc(c1c23)c54. The Morgan fingerprint density at radius 1 is 0.607 bits per heavy atom. The summed E-state index contributed by atoms with van der Waals surface area (Å²) in [6, 6.07) is 24.5. The van der Waals surface area contributed by atoms with Crippen LogP contribution in [-0.2, 0) is 15.9 Å². The molecule has 5 aromatic rings. The summed E-state index contributed by atoms with van der Waals surface area (Å²) in [6.07, 6.45) is 0.944. The van der Waals surface area contributed by atoms with Crippen molar-refractivity contribution in [2.75, 3.05) is 27.4 Å². The van der Waals surface area contributed by atoms with Crippen LogP contribution in [0.4, 0.5) is 0 Å². The lowest BCUT2D eigenvalue weighted by molar-refractivity contribution is 0.0850. The summed E-state index contributed by atoms with van der Waals surface area (Å²) < 4.78 is 10.9. The van der Waals surface area contributed by atoms with Gasteiger partial charge in [-0.05, 0) is 55.1 Å². The standard InChI is InChI=1S/C26H24O2/c1-27-15-17(16-28-2)14-20-13-12-19-8-4-10-22-21-9-3-6-18-7-5-11-23(24(18)21)26(20)25(19)22/h3-13,17H,14-16H2,1-2H3. The third-order valence-electron chi connectivity index (χ3n) is 5.91. The van der Waals surface area contributed by atoms with Crippen molar-refractivity contribution in [2.45, 2.75) is 6.42 Å². The second-order valence-electron chi connectivity index (χ2n) is 7.69. The number of ether oxygens (including phenoxy) is 2. The smallest absolute Gasteiger partial charge is 0.0515 e. The maximum absolute atomic E-state index is 5.46. The van der Waals surface area contributed by atoms with Gasteiger partial charge in [0.05, 0.1) is 13.2 Å². The Labute approximate surface area is 165 Å². The maximum atomic E-state index is 5.46. The number of hydrogen-bond donors (Lipinski definition) is 0. The number of hydrogen-bond acceptors (Lipinski definition) is 2. The summed E-state index contributed by atoms with van der Waals surface area (Å²) in [5.41, 5.74) is 1.38. The van der Waals surface area contributed by atoms with Crippen molar-refractivity contribution in [3.63, 3.8) is 0 Å². The molecule has 5 aromatic carbocycles. The Hall–Kier alpha value is -2.68. The van der Waals surface area contributed by atoms with Gasteiger partial charge in [-0.25, -0.2) is 0 Å². The van der Waals surface area contributed by atoms with E-state index >= 15 is 0 Å². The maximum Gasteiger partial charge on any atom is 0.0515 e. The molecule has 0 saturated carbocycles. The monoisotopic (exact) mass is 368 g/mol. The van der Waals surface area contributed by atoms with E-state index in [1.807, 2.05) is 0 Å². The minimum Gasteiger partial charge on any atom is -0.384 e. The molecule has 0 radical (unpaired) electrons. The average Bonchev–Trinajstić information content (AvgIpc) is 2.73. The Balaban J connectivity index is 1.89. The zero-order chi connectivity index (χ0) is 19.1. The second-order valence-corrected chi connectivity index (χ2v) is 7.69. The van der Waals surface area contributed by atoms with Gasteiger partial charge in [0, 0.05) is 20.1 Å². The summed E-state index contributed by atoms with van der Waals surface area (Å²) in [7, 11) is 3.53. The molecule has 28 heavy (non-hydrogen) atoms. The average molecular weight is 368 g/mol. The topological polar surface area (TPSA) is 18.5 Å². The molecular formula is C26H24O2. The molecule has 0 bridgehead atoms. The third kappa shape index (κ3) is 2.64. The van der Waals surface area contributed by atoms with Gasteiger partial charge in [0.15, 0.2) is 0 Å². The number of methoxy groups -OCH3 is 2. The summed E-state index contributed by atoms with van der Waals surface area (Å²) in [4.78, 5) is 0. The zero-order valence-electron chi connectivity index (χ0n) is 16.4. The highest BCUT2D eigenvalue weighted by atomic mass is 16.5. The normalized spacial score (nSPS) is 12.2. The largest absolute Gasteiger partial charge is 0.384 e. The predicted octanol–water partition coefficient (Wildman–Crippen LogP) is 6.19. The molecule has 2 nitrogen and oxygen atoms in total. The van der Waals surface area contributed by atoms with Crippen LogP contribution in [0.5, 0.6) is 0 Å². The Morgan fingerprint density at radius 3 is 1.82 bits per heavy atom. The van der Waals surface area contributed by atoms with E-state index in [9.17, 15) is 0 Å². The van der Waals surface area contributed by atoms with Gasteiger partial charge in [0.25, 0.3) is 0 Å². The molecule has 0 fully saturated rings. The van der Waals surface area contributed by atoms with Crippen LogP contribution in [0.15, 0.2) is 66.7 Å². The fraction of sp³-hybridized carbons (Fsp3) is 0.231. The predicted molar refractivity (Wildman–Crippen MR) is 119 cm³/mol. The molecule has 0 heterocycles. The van der Waals surface area contributed by atoms with E-state index in [2.05, 4.69) is 66.7 Å². The van der Waals surface area contributed by atoms with Crippen molar-refractivity contribution in [3.05, 3.63) is 72.3 Å². The molecule has 0 spiro atoms. The molecule has 2 heteroatoms. The molecule has 0 atom stereocenters. The quantitative estimate of drug-likeness (QED) is 0.263. The molecule has 0 amide bonds. The molecular weight excluding hydrogens is 344 g/mol. The molecule has 0 aliphatic heterocycles. The third-order valence-corrected chi connectivity index (χ3v) is 5.91. The molecule has 0 aromatic heterocycles. The summed E-state index contributed by atoms with van der Waals surface area (Å²) in [6.45, 7) is 1.40. The van der Waals surface area contributed by atoms with Crippen LogP contribution in [0.2, 0.25) is 0 Å². The Bertz CT molecular complexity index is 1260. The van der Waals surface area contributed by atoms with Crippen molar-refractivity contribution < 1.29 is 9.47 Å².